The van der Waals surface area contributed by atoms with Crippen molar-refractivity contribution in [3.05, 3.63) is 22.5 Å². The molecule has 0 saturated carbocycles. The Bertz CT molecular complexity index is 442. The van der Waals surface area contributed by atoms with Gasteiger partial charge in [-0.05, 0) is 13.8 Å². The second kappa shape index (κ2) is 4.12. The number of rotatable bonds is 3. The van der Waals surface area contributed by atoms with Gasteiger partial charge in [0, 0.05) is 12.5 Å². The average Bonchev–Trinajstić information content (AvgIpc) is 2.75. The first-order valence-electron chi connectivity index (χ1n) is 4.59. The molecule has 0 atom stereocenters. The maximum absolute atomic E-state index is 5.10. The number of aromatic nitrogens is 2. The molecule has 0 spiro atoms. The van der Waals surface area contributed by atoms with Gasteiger partial charge in [0.05, 0.1) is 23.6 Å². The molecule has 0 amide bonds. The van der Waals surface area contributed by atoms with Gasteiger partial charge in [-0.25, -0.2) is 4.98 Å². The number of ether oxygens (including phenoxy) is 1. The number of nitrogens with zero attached hydrogens (tertiary/aromatic N) is 2. The summed E-state index contributed by atoms with van der Waals surface area (Å²) in [5.41, 5.74) is 2.82. The van der Waals surface area contributed by atoms with Crippen molar-refractivity contribution in [3.8, 4) is 10.6 Å². The number of thiazole rings is 1. The number of aryl methyl sites for hydroxylation is 2. The van der Waals surface area contributed by atoms with Gasteiger partial charge in [0.15, 0.2) is 0 Å². The fraction of sp³-hybridized carbons (Fsp3) is 0.400. The van der Waals surface area contributed by atoms with Crippen molar-refractivity contribution in [1.82, 2.24) is 10.1 Å². The van der Waals surface area contributed by atoms with Crippen molar-refractivity contribution in [2.24, 2.45) is 0 Å². The SMILES string of the molecule is COCc1csc(-c2c(C)noc2C)n1. The van der Waals surface area contributed by atoms with Crippen LogP contribution >= 0.6 is 11.3 Å². The molecule has 0 fully saturated rings. The molecule has 0 aromatic carbocycles. The van der Waals surface area contributed by atoms with Crippen LogP contribution in [-0.2, 0) is 11.3 Å². The summed E-state index contributed by atoms with van der Waals surface area (Å²) in [5.74, 6) is 0.811. The fourth-order valence-electron chi connectivity index (χ4n) is 1.42. The quantitative estimate of drug-likeness (QED) is 0.804. The standard InChI is InChI=1S/C10H12N2O2S/c1-6-9(7(2)14-12-6)10-11-8(4-13-3)5-15-10/h5H,4H2,1-3H3. The molecule has 2 rings (SSSR count). The van der Waals surface area contributed by atoms with Gasteiger partial charge in [0.1, 0.15) is 10.8 Å². The van der Waals surface area contributed by atoms with Crippen molar-refractivity contribution in [1.29, 1.82) is 0 Å². The van der Waals surface area contributed by atoms with Crippen LogP contribution in [0.15, 0.2) is 9.90 Å². The molecule has 0 aliphatic carbocycles. The summed E-state index contributed by atoms with van der Waals surface area (Å²) in [7, 11) is 1.66. The normalized spacial score (nSPS) is 10.9. The highest BCUT2D eigenvalue weighted by atomic mass is 32.1. The summed E-state index contributed by atoms with van der Waals surface area (Å²) >= 11 is 1.58. The highest BCUT2D eigenvalue weighted by Gasteiger charge is 2.14. The lowest BCUT2D eigenvalue weighted by atomic mass is 10.2. The Labute approximate surface area is 91.9 Å². The van der Waals surface area contributed by atoms with E-state index in [1.807, 2.05) is 19.2 Å². The Morgan fingerprint density at radius 2 is 2.27 bits per heavy atom. The molecule has 0 N–H and O–H groups in total. The molecule has 2 aromatic rings. The first kappa shape index (κ1) is 10.3. The summed E-state index contributed by atoms with van der Waals surface area (Å²) in [6.45, 7) is 4.36. The molecule has 15 heavy (non-hydrogen) atoms. The topological polar surface area (TPSA) is 48.2 Å². The maximum Gasteiger partial charge on any atom is 0.144 e. The third-order valence-corrected chi connectivity index (χ3v) is 3.00. The minimum Gasteiger partial charge on any atom is -0.378 e. The van der Waals surface area contributed by atoms with E-state index in [1.54, 1.807) is 18.4 Å². The lowest BCUT2D eigenvalue weighted by Gasteiger charge is -1.93. The average molecular weight is 224 g/mol. The van der Waals surface area contributed by atoms with Gasteiger partial charge in [0.2, 0.25) is 0 Å². The second-order valence-electron chi connectivity index (χ2n) is 3.28. The number of hydrogen-bond donors (Lipinski definition) is 0. The van der Waals surface area contributed by atoms with Crippen LogP contribution in [0, 0.1) is 13.8 Å². The summed E-state index contributed by atoms with van der Waals surface area (Å²) in [5, 5.41) is 6.84. The van der Waals surface area contributed by atoms with Crippen LogP contribution in [0.1, 0.15) is 17.1 Å². The monoisotopic (exact) mass is 224 g/mol. The van der Waals surface area contributed by atoms with E-state index < -0.39 is 0 Å². The predicted molar refractivity (Wildman–Crippen MR) is 57.8 cm³/mol. The summed E-state index contributed by atoms with van der Waals surface area (Å²) in [6.07, 6.45) is 0. The molecule has 2 heterocycles. The molecule has 0 aliphatic heterocycles. The molecule has 80 valence electrons. The summed E-state index contributed by atoms with van der Waals surface area (Å²) in [4.78, 5) is 4.46. The van der Waals surface area contributed by atoms with Crippen molar-refractivity contribution < 1.29 is 9.26 Å². The highest BCUT2D eigenvalue weighted by Crippen LogP contribution is 2.29. The van der Waals surface area contributed by atoms with Crippen LogP contribution in [-0.4, -0.2) is 17.3 Å². The van der Waals surface area contributed by atoms with Gasteiger partial charge in [-0.15, -0.1) is 11.3 Å². The van der Waals surface area contributed by atoms with Gasteiger partial charge < -0.3 is 9.26 Å². The maximum atomic E-state index is 5.10. The molecule has 2 aromatic heterocycles. The van der Waals surface area contributed by atoms with E-state index in [0.29, 0.717) is 6.61 Å². The van der Waals surface area contributed by atoms with Crippen molar-refractivity contribution in [2.75, 3.05) is 7.11 Å². The molecular formula is C10H12N2O2S. The van der Waals surface area contributed by atoms with Gasteiger partial charge in [-0.2, -0.15) is 0 Å². The van der Waals surface area contributed by atoms with E-state index in [4.69, 9.17) is 9.26 Å². The third-order valence-electron chi connectivity index (χ3n) is 2.09. The molecular weight excluding hydrogens is 212 g/mol. The zero-order valence-corrected chi connectivity index (χ0v) is 9.72. The van der Waals surface area contributed by atoms with E-state index in [0.717, 1.165) is 27.7 Å². The van der Waals surface area contributed by atoms with Gasteiger partial charge >= 0.3 is 0 Å². The smallest absolute Gasteiger partial charge is 0.144 e. The lowest BCUT2D eigenvalue weighted by molar-refractivity contribution is 0.182. The van der Waals surface area contributed by atoms with E-state index >= 15 is 0 Å². The van der Waals surface area contributed by atoms with Crippen LogP contribution in [0.25, 0.3) is 10.6 Å². The van der Waals surface area contributed by atoms with E-state index in [9.17, 15) is 0 Å². The first-order chi connectivity index (χ1) is 7.22. The molecule has 5 heteroatoms. The number of methoxy groups -OCH3 is 1. The second-order valence-corrected chi connectivity index (χ2v) is 4.13. The van der Waals surface area contributed by atoms with Crippen LogP contribution < -0.4 is 0 Å². The first-order valence-corrected chi connectivity index (χ1v) is 5.47. The molecule has 0 saturated heterocycles. The van der Waals surface area contributed by atoms with Crippen LogP contribution in [0.2, 0.25) is 0 Å². The Morgan fingerprint density at radius 3 is 2.87 bits per heavy atom. The lowest BCUT2D eigenvalue weighted by Crippen LogP contribution is -1.87. The zero-order valence-electron chi connectivity index (χ0n) is 8.90. The van der Waals surface area contributed by atoms with Crippen molar-refractivity contribution in [3.63, 3.8) is 0 Å². The zero-order chi connectivity index (χ0) is 10.8. The Kier molecular flexibility index (Phi) is 2.83. The third kappa shape index (κ3) is 1.93. The predicted octanol–water partition coefficient (Wildman–Crippen LogP) is 2.56. The molecule has 0 radical (unpaired) electrons. The van der Waals surface area contributed by atoms with Crippen LogP contribution in [0.5, 0.6) is 0 Å². The Balaban J connectivity index is 2.37. The summed E-state index contributed by atoms with van der Waals surface area (Å²) in [6, 6.07) is 0. The van der Waals surface area contributed by atoms with Gasteiger partial charge in [0.25, 0.3) is 0 Å². The van der Waals surface area contributed by atoms with Crippen molar-refractivity contribution >= 4 is 11.3 Å². The summed E-state index contributed by atoms with van der Waals surface area (Å²) < 4.78 is 10.1. The number of hydrogen-bond acceptors (Lipinski definition) is 5. The van der Waals surface area contributed by atoms with Gasteiger partial charge in [-0.3, -0.25) is 0 Å². The Morgan fingerprint density at radius 1 is 1.47 bits per heavy atom. The highest BCUT2D eigenvalue weighted by molar-refractivity contribution is 7.13. The van der Waals surface area contributed by atoms with Gasteiger partial charge in [-0.1, -0.05) is 5.16 Å². The van der Waals surface area contributed by atoms with Crippen LogP contribution in [0.4, 0.5) is 0 Å². The minimum atomic E-state index is 0.542. The molecule has 0 unspecified atom stereocenters. The largest absolute Gasteiger partial charge is 0.378 e. The molecule has 0 aliphatic rings. The fourth-order valence-corrected chi connectivity index (χ4v) is 2.37. The van der Waals surface area contributed by atoms with E-state index in [-0.39, 0.29) is 0 Å². The molecule has 4 nitrogen and oxygen atoms in total. The van der Waals surface area contributed by atoms with E-state index in [1.165, 1.54) is 0 Å². The van der Waals surface area contributed by atoms with Crippen molar-refractivity contribution in [2.45, 2.75) is 20.5 Å². The molecule has 0 bridgehead atoms. The minimum absolute atomic E-state index is 0.542. The Hall–Kier alpha value is -1.20. The van der Waals surface area contributed by atoms with E-state index in [2.05, 4.69) is 10.1 Å². The van der Waals surface area contributed by atoms with Crippen LogP contribution in [0.3, 0.4) is 0 Å².